The van der Waals surface area contributed by atoms with Crippen LogP contribution in [0.4, 0.5) is 5.69 Å². The standard InChI is InChI=1S/C21H22N6O/c1-5-26-12-18(14(3)24-26)23-21(28)17-11-13(2)22-20-19(17)15(4)25-27(20)16-9-7-6-8-10-16/h6-12H,5H2,1-4H3,(H,23,28). The van der Waals surface area contributed by atoms with Crippen molar-refractivity contribution in [3.8, 4) is 5.69 Å². The molecule has 3 heterocycles. The molecule has 0 fully saturated rings. The number of carbonyl (C=O) groups excluding carboxylic acids is 1. The average Bonchev–Trinajstić information content (AvgIpc) is 3.21. The quantitative estimate of drug-likeness (QED) is 0.589. The van der Waals surface area contributed by atoms with E-state index in [1.807, 2.05) is 64.2 Å². The number of aromatic nitrogens is 5. The Bertz CT molecular complexity index is 1170. The number of pyridine rings is 1. The highest BCUT2D eigenvalue weighted by Crippen LogP contribution is 2.26. The summed E-state index contributed by atoms with van der Waals surface area (Å²) in [4.78, 5) is 17.8. The van der Waals surface area contributed by atoms with Gasteiger partial charge in [-0.15, -0.1) is 0 Å². The molecule has 0 spiro atoms. The summed E-state index contributed by atoms with van der Waals surface area (Å²) in [6.07, 6.45) is 1.85. The number of carbonyl (C=O) groups is 1. The fraction of sp³-hybridized carbons (Fsp3) is 0.238. The monoisotopic (exact) mass is 374 g/mol. The lowest BCUT2D eigenvalue weighted by Gasteiger charge is -2.08. The minimum atomic E-state index is -0.190. The third-order valence-electron chi connectivity index (χ3n) is 4.70. The molecule has 3 aromatic heterocycles. The minimum Gasteiger partial charge on any atom is -0.319 e. The first-order chi connectivity index (χ1) is 13.5. The predicted octanol–water partition coefficient (Wildman–Crippen LogP) is 3.81. The average molecular weight is 374 g/mol. The molecule has 0 aliphatic rings. The molecule has 0 unspecified atom stereocenters. The van der Waals surface area contributed by atoms with E-state index in [4.69, 9.17) is 0 Å². The number of nitrogens with one attached hydrogen (secondary N) is 1. The molecule has 4 aromatic rings. The number of hydrogen-bond donors (Lipinski definition) is 1. The fourth-order valence-electron chi connectivity index (χ4n) is 3.33. The predicted molar refractivity (Wildman–Crippen MR) is 109 cm³/mol. The van der Waals surface area contributed by atoms with Gasteiger partial charge in [-0.1, -0.05) is 18.2 Å². The van der Waals surface area contributed by atoms with Gasteiger partial charge in [-0.2, -0.15) is 10.2 Å². The van der Waals surface area contributed by atoms with Crippen molar-refractivity contribution in [2.45, 2.75) is 34.2 Å². The maximum absolute atomic E-state index is 13.1. The van der Waals surface area contributed by atoms with Gasteiger partial charge in [0, 0.05) is 18.4 Å². The Morgan fingerprint density at radius 3 is 2.50 bits per heavy atom. The first-order valence-corrected chi connectivity index (χ1v) is 9.25. The maximum atomic E-state index is 13.1. The molecule has 0 aliphatic carbocycles. The number of aryl methyl sites for hydroxylation is 4. The highest BCUT2D eigenvalue weighted by molar-refractivity contribution is 6.13. The highest BCUT2D eigenvalue weighted by atomic mass is 16.1. The van der Waals surface area contributed by atoms with Gasteiger partial charge in [-0.25, -0.2) is 9.67 Å². The number of nitrogens with zero attached hydrogens (tertiary/aromatic N) is 5. The SMILES string of the molecule is CCn1cc(NC(=O)c2cc(C)nc3c2c(C)nn3-c2ccccc2)c(C)n1. The van der Waals surface area contributed by atoms with E-state index in [0.29, 0.717) is 16.9 Å². The van der Waals surface area contributed by atoms with Crippen LogP contribution in [0.15, 0.2) is 42.6 Å². The van der Waals surface area contributed by atoms with Gasteiger partial charge in [-0.3, -0.25) is 9.48 Å². The van der Waals surface area contributed by atoms with E-state index in [-0.39, 0.29) is 5.91 Å². The van der Waals surface area contributed by atoms with Gasteiger partial charge in [0.15, 0.2) is 5.65 Å². The Kier molecular flexibility index (Phi) is 4.43. The normalized spacial score (nSPS) is 11.1. The molecule has 1 aromatic carbocycles. The van der Waals surface area contributed by atoms with E-state index in [2.05, 4.69) is 20.5 Å². The number of para-hydroxylation sites is 1. The number of benzene rings is 1. The highest BCUT2D eigenvalue weighted by Gasteiger charge is 2.20. The Hall–Kier alpha value is -3.48. The lowest BCUT2D eigenvalue weighted by atomic mass is 10.1. The van der Waals surface area contributed by atoms with Crippen molar-refractivity contribution in [3.63, 3.8) is 0 Å². The van der Waals surface area contributed by atoms with Gasteiger partial charge < -0.3 is 5.32 Å². The molecule has 1 N–H and O–H groups in total. The van der Waals surface area contributed by atoms with Crippen LogP contribution in [0.2, 0.25) is 0 Å². The van der Waals surface area contributed by atoms with Crippen molar-refractivity contribution in [1.29, 1.82) is 0 Å². The molecule has 0 aliphatic heterocycles. The summed E-state index contributed by atoms with van der Waals surface area (Å²) in [5.74, 6) is -0.190. The first-order valence-electron chi connectivity index (χ1n) is 9.25. The number of amides is 1. The van der Waals surface area contributed by atoms with E-state index in [0.717, 1.165) is 34.7 Å². The topological polar surface area (TPSA) is 77.6 Å². The fourth-order valence-corrected chi connectivity index (χ4v) is 3.33. The molecule has 7 nitrogen and oxygen atoms in total. The molecule has 1 amide bonds. The lowest BCUT2D eigenvalue weighted by Crippen LogP contribution is -2.13. The van der Waals surface area contributed by atoms with E-state index in [1.54, 1.807) is 15.4 Å². The summed E-state index contributed by atoms with van der Waals surface area (Å²) in [5.41, 5.74) is 5.16. The van der Waals surface area contributed by atoms with Gasteiger partial charge in [-0.05, 0) is 45.9 Å². The molecule has 142 valence electrons. The zero-order valence-electron chi connectivity index (χ0n) is 16.4. The summed E-state index contributed by atoms with van der Waals surface area (Å²) in [6, 6.07) is 11.6. The van der Waals surface area contributed by atoms with Crippen molar-refractivity contribution < 1.29 is 4.79 Å². The first kappa shape index (κ1) is 17.9. The Labute approximate surface area is 163 Å². The molecule has 0 saturated carbocycles. The van der Waals surface area contributed by atoms with E-state index >= 15 is 0 Å². The molecule has 28 heavy (non-hydrogen) atoms. The molecule has 0 atom stereocenters. The molecule has 0 radical (unpaired) electrons. The van der Waals surface area contributed by atoms with Crippen LogP contribution in [-0.2, 0) is 6.54 Å². The summed E-state index contributed by atoms with van der Waals surface area (Å²) in [6.45, 7) is 8.42. The summed E-state index contributed by atoms with van der Waals surface area (Å²) in [5, 5.41) is 12.8. The van der Waals surface area contributed by atoms with E-state index in [9.17, 15) is 4.79 Å². The molecule has 0 saturated heterocycles. The largest absolute Gasteiger partial charge is 0.319 e. The van der Waals surface area contributed by atoms with Crippen molar-refractivity contribution in [1.82, 2.24) is 24.5 Å². The molecule has 7 heteroatoms. The van der Waals surface area contributed by atoms with Gasteiger partial charge in [0.2, 0.25) is 0 Å². The number of hydrogen-bond acceptors (Lipinski definition) is 4. The number of anilines is 1. The third kappa shape index (κ3) is 3.05. The van der Waals surface area contributed by atoms with Crippen molar-refractivity contribution >= 4 is 22.6 Å². The van der Waals surface area contributed by atoms with E-state index < -0.39 is 0 Å². The number of rotatable bonds is 4. The second kappa shape index (κ2) is 6.92. The molecule has 0 bridgehead atoms. The van der Waals surface area contributed by atoms with Gasteiger partial charge in [0.05, 0.1) is 33.7 Å². The van der Waals surface area contributed by atoms with Gasteiger partial charge in [0.1, 0.15) is 0 Å². The second-order valence-corrected chi connectivity index (χ2v) is 6.78. The van der Waals surface area contributed by atoms with Crippen LogP contribution in [0.1, 0.15) is 34.4 Å². The summed E-state index contributed by atoms with van der Waals surface area (Å²) >= 11 is 0. The summed E-state index contributed by atoms with van der Waals surface area (Å²) < 4.78 is 3.59. The van der Waals surface area contributed by atoms with Gasteiger partial charge >= 0.3 is 0 Å². The molecular formula is C21H22N6O. The van der Waals surface area contributed by atoms with Gasteiger partial charge in [0.25, 0.3) is 5.91 Å². The minimum absolute atomic E-state index is 0.190. The Morgan fingerprint density at radius 2 is 1.82 bits per heavy atom. The van der Waals surface area contributed by atoms with Crippen LogP contribution < -0.4 is 5.32 Å². The zero-order valence-corrected chi connectivity index (χ0v) is 16.4. The van der Waals surface area contributed by atoms with Crippen molar-refractivity contribution in [2.24, 2.45) is 0 Å². The van der Waals surface area contributed by atoms with Crippen LogP contribution in [-0.4, -0.2) is 30.5 Å². The van der Waals surface area contributed by atoms with Crippen LogP contribution in [0.25, 0.3) is 16.7 Å². The van der Waals surface area contributed by atoms with Crippen LogP contribution in [0.5, 0.6) is 0 Å². The summed E-state index contributed by atoms with van der Waals surface area (Å²) in [7, 11) is 0. The maximum Gasteiger partial charge on any atom is 0.256 e. The molecular weight excluding hydrogens is 352 g/mol. The lowest BCUT2D eigenvalue weighted by molar-refractivity contribution is 0.102. The van der Waals surface area contributed by atoms with E-state index in [1.165, 1.54) is 0 Å². The van der Waals surface area contributed by atoms with Crippen LogP contribution in [0.3, 0.4) is 0 Å². The smallest absolute Gasteiger partial charge is 0.256 e. The Morgan fingerprint density at radius 1 is 1.07 bits per heavy atom. The zero-order chi connectivity index (χ0) is 19.8. The number of fused-ring (bicyclic) bond motifs is 1. The van der Waals surface area contributed by atoms with Crippen molar-refractivity contribution in [3.05, 3.63) is 65.2 Å². The van der Waals surface area contributed by atoms with Crippen LogP contribution >= 0.6 is 0 Å². The third-order valence-corrected chi connectivity index (χ3v) is 4.70. The van der Waals surface area contributed by atoms with Crippen LogP contribution in [0, 0.1) is 20.8 Å². The Balaban J connectivity index is 1.82. The molecule has 4 rings (SSSR count). The second-order valence-electron chi connectivity index (χ2n) is 6.78. The van der Waals surface area contributed by atoms with Crippen molar-refractivity contribution in [2.75, 3.05) is 5.32 Å².